The van der Waals surface area contributed by atoms with Gasteiger partial charge in [0.2, 0.25) is 17.7 Å². The summed E-state index contributed by atoms with van der Waals surface area (Å²) < 4.78 is 6.54. The highest BCUT2D eigenvalue weighted by atomic mass is 32.1. The average molecular weight is 356 g/mol. The maximum atomic E-state index is 10.9. The van der Waals surface area contributed by atoms with E-state index in [1.54, 1.807) is 22.7 Å². The number of benzene rings is 1. The Bertz CT molecular complexity index is 1000. The molecule has 6 nitrogen and oxygen atoms in total. The second-order valence-corrected chi connectivity index (χ2v) is 7.24. The molecule has 8 heteroatoms. The van der Waals surface area contributed by atoms with Crippen molar-refractivity contribution in [2.75, 3.05) is 0 Å². The fourth-order valence-corrected chi connectivity index (χ4v) is 4.08. The number of thiazole rings is 1. The highest BCUT2D eigenvalue weighted by Gasteiger charge is 2.12. The monoisotopic (exact) mass is 356 g/mol. The number of fused-ring (bicyclic) bond motifs is 1. The molecule has 0 atom stereocenters. The van der Waals surface area contributed by atoms with Gasteiger partial charge in [-0.3, -0.25) is 4.79 Å². The number of primary amides is 1. The first-order valence-electron chi connectivity index (χ1n) is 7.20. The molecule has 2 N–H and O–H groups in total. The van der Waals surface area contributed by atoms with E-state index in [4.69, 9.17) is 10.2 Å². The average Bonchev–Trinajstić information content (AvgIpc) is 3.26. The van der Waals surface area contributed by atoms with Crippen LogP contribution in [0.1, 0.15) is 16.8 Å². The van der Waals surface area contributed by atoms with Crippen LogP contribution in [0.3, 0.4) is 0 Å². The van der Waals surface area contributed by atoms with Gasteiger partial charge in [-0.15, -0.1) is 32.9 Å². The molecule has 3 heterocycles. The first-order chi connectivity index (χ1) is 11.7. The zero-order valence-corrected chi connectivity index (χ0v) is 14.1. The Kier molecular flexibility index (Phi) is 3.83. The maximum Gasteiger partial charge on any atom is 0.226 e. The topological polar surface area (TPSA) is 94.9 Å². The van der Waals surface area contributed by atoms with Gasteiger partial charge in [0.15, 0.2) is 0 Å². The number of rotatable bonds is 5. The van der Waals surface area contributed by atoms with Gasteiger partial charge in [0.1, 0.15) is 11.4 Å². The number of carbonyl (C=O) groups is 1. The van der Waals surface area contributed by atoms with Gasteiger partial charge in [-0.2, -0.15) is 0 Å². The van der Waals surface area contributed by atoms with Crippen molar-refractivity contribution in [3.05, 3.63) is 52.5 Å². The molecule has 0 aliphatic rings. The van der Waals surface area contributed by atoms with Crippen molar-refractivity contribution in [3.8, 4) is 10.4 Å². The van der Waals surface area contributed by atoms with E-state index in [0.29, 0.717) is 12.3 Å². The molecule has 24 heavy (non-hydrogen) atoms. The summed E-state index contributed by atoms with van der Waals surface area (Å²) in [4.78, 5) is 16.7. The molecule has 0 unspecified atom stereocenters. The highest BCUT2D eigenvalue weighted by Crippen LogP contribution is 2.31. The first kappa shape index (κ1) is 15.0. The van der Waals surface area contributed by atoms with Crippen molar-refractivity contribution in [3.63, 3.8) is 0 Å². The number of nitrogens with zero attached hydrogens (tertiary/aromatic N) is 3. The molecular weight excluding hydrogens is 344 g/mol. The number of hydrogen-bond donors (Lipinski definition) is 1. The molecule has 0 aliphatic heterocycles. The molecule has 120 valence electrons. The SMILES string of the molecule is NC(=O)Cc1nnc(Cc2nc3ccc(-c4cccs4)cc3s2)o1. The van der Waals surface area contributed by atoms with E-state index in [9.17, 15) is 4.79 Å². The van der Waals surface area contributed by atoms with Gasteiger partial charge in [0.05, 0.1) is 16.6 Å². The van der Waals surface area contributed by atoms with Crippen molar-refractivity contribution in [1.82, 2.24) is 15.2 Å². The Hall–Kier alpha value is -2.58. The normalized spacial score (nSPS) is 11.2. The molecule has 0 spiro atoms. The quantitative estimate of drug-likeness (QED) is 0.593. The fourth-order valence-electron chi connectivity index (χ4n) is 2.35. The van der Waals surface area contributed by atoms with Crippen LogP contribution in [0, 0.1) is 0 Å². The van der Waals surface area contributed by atoms with E-state index in [1.165, 1.54) is 10.4 Å². The summed E-state index contributed by atoms with van der Waals surface area (Å²) in [5, 5.41) is 10.7. The van der Waals surface area contributed by atoms with E-state index in [0.717, 1.165) is 15.2 Å². The molecule has 1 amide bonds. The number of aromatic nitrogens is 3. The zero-order chi connectivity index (χ0) is 16.5. The third-order valence-corrected chi connectivity index (χ3v) is 5.31. The van der Waals surface area contributed by atoms with E-state index >= 15 is 0 Å². The first-order valence-corrected chi connectivity index (χ1v) is 8.90. The minimum absolute atomic E-state index is 0.0446. The van der Waals surface area contributed by atoms with E-state index in [-0.39, 0.29) is 12.3 Å². The summed E-state index contributed by atoms with van der Waals surface area (Å²) in [6.45, 7) is 0. The summed E-state index contributed by atoms with van der Waals surface area (Å²) in [5.74, 6) is 0.175. The van der Waals surface area contributed by atoms with Gasteiger partial charge < -0.3 is 10.2 Å². The number of carbonyl (C=O) groups excluding carboxylic acids is 1. The molecule has 4 aromatic rings. The van der Waals surface area contributed by atoms with Crippen molar-refractivity contribution in [2.24, 2.45) is 5.73 Å². The second kappa shape index (κ2) is 6.14. The van der Waals surface area contributed by atoms with E-state index in [2.05, 4.69) is 38.8 Å². The maximum absolute atomic E-state index is 10.9. The van der Waals surface area contributed by atoms with Crippen LogP contribution < -0.4 is 5.73 Å². The van der Waals surface area contributed by atoms with Crippen LogP contribution in [0.2, 0.25) is 0 Å². The summed E-state index contributed by atoms with van der Waals surface area (Å²) >= 11 is 3.32. The largest absolute Gasteiger partial charge is 0.424 e. The van der Waals surface area contributed by atoms with Crippen LogP contribution in [-0.4, -0.2) is 21.1 Å². The third-order valence-electron chi connectivity index (χ3n) is 3.38. The molecular formula is C16H12N4O2S2. The van der Waals surface area contributed by atoms with Gasteiger partial charge >= 0.3 is 0 Å². The van der Waals surface area contributed by atoms with Crippen LogP contribution >= 0.6 is 22.7 Å². The Morgan fingerprint density at radius 3 is 2.88 bits per heavy atom. The van der Waals surface area contributed by atoms with Gasteiger partial charge in [0, 0.05) is 4.88 Å². The molecule has 0 saturated carbocycles. The lowest BCUT2D eigenvalue weighted by Gasteiger charge is -1.95. The third kappa shape index (κ3) is 3.06. The number of hydrogen-bond acceptors (Lipinski definition) is 7. The van der Waals surface area contributed by atoms with Crippen molar-refractivity contribution in [1.29, 1.82) is 0 Å². The molecule has 0 aliphatic carbocycles. The lowest BCUT2D eigenvalue weighted by atomic mass is 10.2. The van der Waals surface area contributed by atoms with Crippen molar-refractivity contribution >= 4 is 38.8 Å². The highest BCUT2D eigenvalue weighted by molar-refractivity contribution is 7.18. The minimum atomic E-state index is -0.494. The smallest absolute Gasteiger partial charge is 0.226 e. The summed E-state index contributed by atoms with van der Waals surface area (Å²) in [5.41, 5.74) is 7.26. The van der Waals surface area contributed by atoms with Crippen LogP contribution in [0.4, 0.5) is 0 Å². The molecule has 4 rings (SSSR count). The van der Waals surface area contributed by atoms with Gasteiger partial charge in [-0.05, 0) is 29.1 Å². The van der Waals surface area contributed by atoms with Gasteiger partial charge in [0.25, 0.3) is 0 Å². The van der Waals surface area contributed by atoms with Crippen molar-refractivity contribution in [2.45, 2.75) is 12.8 Å². The molecule has 0 bridgehead atoms. The Morgan fingerprint density at radius 1 is 1.21 bits per heavy atom. The van der Waals surface area contributed by atoms with Crippen LogP contribution in [0.5, 0.6) is 0 Å². The zero-order valence-electron chi connectivity index (χ0n) is 12.4. The van der Waals surface area contributed by atoms with Gasteiger partial charge in [-0.1, -0.05) is 12.1 Å². The Labute approximate surface area is 145 Å². The minimum Gasteiger partial charge on any atom is -0.424 e. The summed E-state index contributed by atoms with van der Waals surface area (Å²) in [7, 11) is 0. The van der Waals surface area contributed by atoms with Crippen LogP contribution in [0.15, 0.2) is 40.1 Å². The van der Waals surface area contributed by atoms with E-state index < -0.39 is 5.91 Å². The molecule has 0 saturated heterocycles. The Balaban J connectivity index is 1.58. The molecule has 0 fully saturated rings. The fraction of sp³-hybridized carbons (Fsp3) is 0.125. The lowest BCUT2D eigenvalue weighted by molar-refractivity contribution is -0.117. The van der Waals surface area contributed by atoms with Crippen LogP contribution in [-0.2, 0) is 17.6 Å². The number of amides is 1. The summed E-state index contributed by atoms with van der Waals surface area (Å²) in [6.07, 6.45) is 0.399. The van der Waals surface area contributed by atoms with Crippen molar-refractivity contribution < 1.29 is 9.21 Å². The predicted octanol–water partition coefficient (Wildman–Crippen LogP) is 3.03. The lowest BCUT2D eigenvalue weighted by Crippen LogP contribution is -2.13. The molecule has 3 aromatic heterocycles. The second-order valence-electron chi connectivity index (χ2n) is 5.18. The molecule has 0 radical (unpaired) electrons. The number of nitrogens with two attached hydrogens (primary N) is 1. The van der Waals surface area contributed by atoms with E-state index in [1.807, 2.05) is 12.1 Å². The predicted molar refractivity (Wildman–Crippen MR) is 92.9 cm³/mol. The number of thiophene rings is 1. The molecule has 1 aromatic carbocycles. The van der Waals surface area contributed by atoms with Crippen LogP contribution in [0.25, 0.3) is 20.7 Å². The van der Waals surface area contributed by atoms with Gasteiger partial charge in [-0.25, -0.2) is 4.98 Å². The Morgan fingerprint density at radius 2 is 2.08 bits per heavy atom. The summed E-state index contributed by atoms with van der Waals surface area (Å²) in [6, 6.07) is 10.4. The standard InChI is InChI=1S/C16H12N4O2S2/c17-13(21)7-14-19-20-15(22-14)8-16-18-10-4-3-9(6-12(10)24-16)11-2-1-5-23-11/h1-6H,7-8H2,(H2,17,21).